The molecule has 2 aliphatic rings. The number of rotatable bonds is 6. The van der Waals surface area contributed by atoms with Crippen LogP contribution in [0.3, 0.4) is 0 Å². The number of carbonyl (C=O) groups excluding carboxylic acids is 3. The summed E-state index contributed by atoms with van der Waals surface area (Å²) in [7, 11) is 0. The summed E-state index contributed by atoms with van der Waals surface area (Å²) in [6, 6.07) is 10.2. The second-order valence-electron chi connectivity index (χ2n) is 6.59. The number of hydrogen-bond donors (Lipinski definition) is 2. The minimum absolute atomic E-state index is 0.0279. The lowest BCUT2D eigenvalue weighted by molar-refractivity contribution is -0.914. The highest BCUT2D eigenvalue weighted by Crippen LogP contribution is 2.17. The molecule has 0 saturated carbocycles. The van der Waals surface area contributed by atoms with Crippen molar-refractivity contribution in [3.63, 3.8) is 0 Å². The number of benzene rings is 1. The maximum absolute atomic E-state index is 12.4. The Morgan fingerprint density at radius 3 is 2.54 bits per heavy atom. The first-order valence-electron chi connectivity index (χ1n) is 8.95. The van der Waals surface area contributed by atoms with E-state index in [0.29, 0.717) is 6.54 Å². The Labute approximate surface area is 157 Å². The van der Waals surface area contributed by atoms with Crippen molar-refractivity contribution in [2.75, 3.05) is 49.9 Å². The van der Waals surface area contributed by atoms with E-state index in [2.05, 4.69) is 22.3 Å². The van der Waals surface area contributed by atoms with Crippen LogP contribution in [0.4, 0.5) is 10.5 Å². The first-order chi connectivity index (χ1) is 12.6. The second-order valence-corrected chi connectivity index (χ2v) is 7.52. The lowest BCUT2D eigenvalue weighted by Crippen LogP contribution is -3.19. The molecular formula is C18H25N4O3S+. The number of thioether (sulfide) groups is 1. The average molecular weight is 377 g/mol. The van der Waals surface area contributed by atoms with E-state index in [1.807, 2.05) is 25.1 Å². The standard InChI is InChI=1S/C18H24N4O3S/c1-14(17(24)19-7-8-22-16(23)13-26-18(22)25)20-9-11-21(12-10-20)15-5-3-2-4-6-15/h2-6,14H,7-13H2,1H3,(H,19,24)/p+1/t14-/m1/s1. The molecule has 0 bridgehead atoms. The van der Waals surface area contributed by atoms with Crippen LogP contribution in [0, 0.1) is 0 Å². The van der Waals surface area contributed by atoms with Crippen molar-refractivity contribution in [3.05, 3.63) is 30.3 Å². The molecule has 0 aromatic heterocycles. The number of amides is 3. The van der Waals surface area contributed by atoms with Crippen molar-refractivity contribution in [2.24, 2.45) is 0 Å². The Bertz CT molecular complexity index is 646. The first-order valence-corrected chi connectivity index (χ1v) is 9.94. The predicted octanol–water partition coefficient (Wildman–Crippen LogP) is -0.408. The predicted molar refractivity (Wildman–Crippen MR) is 101 cm³/mol. The van der Waals surface area contributed by atoms with E-state index in [4.69, 9.17) is 0 Å². The smallest absolute Gasteiger partial charge is 0.288 e. The van der Waals surface area contributed by atoms with Crippen LogP contribution in [0.5, 0.6) is 0 Å². The third-order valence-corrected chi connectivity index (χ3v) is 5.87. The number of imide groups is 1. The quantitative estimate of drug-likeness (QED) is 0.705. The van der Waals surface area contributed by atoms with Crippen LogP contribution in [0.15, 0.2) is 30.3 Å². The van der Waals surface area contributed by atoms with Crippen LogP contribution in [-0.4, -0.2) is 73.0 Å². The van der Waals surface area contributed by atoms with Crippen LogP contribution >= 0.6 is 11.8 Å². The number of para-hydroxylation sites is 1. The number of anilines is 1. The molecule has 2 heterocycles. The van der Waals surface area contributed by atoms with Gasteiger partial charge in [0, 0.05) is 18.8 Å². The zero-order chi connectivity index (χ0) is 18.5. The number of carbonyl (C=O) groups is 3. The fraction of sp³-hybridized carbons (Fsp3) is 0.500. The van der Waals surface area contributed by atoms with E-state index in [1.165, 1.54) is 15.5 Å². The summed E-state index contributed by atoms with van der Waals surface area (Å²) in [6.07, 6.45) is 0. The molecule has 2 fully saturated rings. The Morgan fingerprint density at radius 2 is 1.92 bits per heavy atom. The summed E-state index contributed by atoms with van der Waals surface area (Å²) in [5.74, 6) is 0.00354. The molecule has 2 saturated heterocycles. The maximum atomic E-state index is 12.4. The SMILES string of the molecule is C[C@H](C(=O)NCCN1C(=O)CSC1=O)[NH+]1CCN(c2ccccc2)CC1. The van der Waals surface area contributed by atoms with Gasteiger partial charge in [0.25, 0.3) is 11.1 Å². The van der Waals surface area contributed by atoms with Gasteiger partial charge in [0.2, 0.25) is 5.91 Å². The van der Waals surface area contributed by atoms with Gasteiger partial charge in [0.15, 0.2) is 6.04 Å². The summed E-state index contributed by atoms with van der Waals surface area (Å²) in [4.78, 5) is 40.3. The molecule has 2 aliphatic heterocycles. The number of nitrogens with one attached hydrogen (secondary N) is 2. The van der Waals surface area contributed by atoms with E-state index in [-0.39, 0.29) is 35.4 Å². The zero-order valence-electron chi connectivity index (χ0n) is 14.9. The maximum Gasteiger partial charge on any atom is 0.288 e. The molecule has 8 heteroatoms. The van der Waals surface area contributed by atoms with E-state index >= 15 is 0 Å². The fourth-order valence-corrected chi connectivity index (χ4v) is 4.10. The number of nitrogens with zero attached hydrogens (tertiary/aromatic N) is 2. The molecule has 1 aromatic rings. The molecule has 3 amide bonds. The fourth-order valence-electron chi connectivity index (χ4n) is 3.35. The minimum atomic E-state index is -0.222. The summed E-state index contributed by atoms with van der Waals surface area (Å²) in [5.41, 5.74) is 1.22. The van der Waals surface area contributed by atoms with Gasteiger partial charge in [-0.3, -0.25) is 19.3 Å². The normalized spacial score (nSPS) is 19.7. The lowest BCUT2D eigenvalue weighted by Gasteiger charge is -2.36. The summed E-state index contributed by atoms with van der Waals surface area (Å²) >= 11 is 1.02. The molecule has 0 spiro atoms. The van der Waals surface area contributed by atoms with Gasteiger partial charge in [-0.25, -0.2) is 0 Å². The molecule has 0 aliphatic carbocycles. The van der Waals surface area contributed by atoms with Crippen molar-refractivity contribution >= 4 is 34.5 Å². The van der Waals surface area contributed by atoms with Crippen LogP contribution in [0.2, 0.25) is 0 Å². The first kappa shape index (κ1) is 18.7. The minimum Gasteiger partial charge on any atom is -0.360 e. The van der Waals surface area contributed by atoms with E-state index < -0.39 is 0 Å². The number of hydrogen-bond acceptors (Lipinski definition) is 5. The summed E-state index contributed by atoms with van der Waals surface area (Å²) < 4.78 is 0. The number of piperazine rings is 1. The molecule has 26 heavy (non-hydrogen) atoms. The Balaban J connectivity index is 1.41. The second kappa shape index (κ2) is 8.55. The van der Waals surface area contributed by atoms with Crippen molar-refractivity contribution in [2.45, 2.75) is 13.0 Å². The van der Waals surface area contributed by atoms with Gasteiger partial charge in [-0.15, -0.1) is 0 Å². The summed E-state index contributed by atoms with van der Waals surface area (Å²) in [6.45, 7) is 6.15. The summed E-state index contributed by atoms with van der Waals surface area (Å²) in [5, 5.41) is 2.64. The van der Waals surface area contributed by atoms with E-state index in [0.717, 1.165) is 37.9 Å². The van der Waals surface area contributed by atoms with Gasteiger partial charge >= 0.3 is 0 Å². The van der Waals surface area contributed by atoms with Gasteiger partial charge in [-0.1, -0.05) is 30.0 Å². The molecular weight excluding hydrogens is 352 g/mol. The molecule has 0 unspecified atom stereocenters. The van der Waals surface area contributed by atoms with Gasteiger partial charge in [0.05, 0.1) is 31.9 Å². The van der Waals surface area contributed by atoms with Gasteiger partial charge in [0.1, 0.15) is 0 Å². The molecule has 1 aromatic carbocycles. The Morgan fingerprint density at radius 1 is 1.23 bits per heavy atom. The molecule has 7 nitrogen and oxygen atoms in total. The van der Waals surface area contributed by atoms with Crippen LogP contribution in [0.25, 0.3) is 0 Å². The van der Waals surface area contributed by atoms with Crippen LogP contribution in [-0.2, 0) is 9.59 Å². The third kappa shape index (κ3) is 4.37. The third-order valence-electron chi connectivity index (χ3n) is 5.01. The highest BCUT2D eigenvalue weighted by Gasteiger charge is 2.31. The molecule has 3 rings (SSSR count). The highest BCUT2D eigenvalue weighted by molar-refractivity contribution is 8.14. The Kier molecular flexibility index (Phi) is 6.16. The van der Waals surface area contributed by atoms with Gasteiger partial charge < -0.3 is 15.1 Å². The topological polar surface area (TPSA) is 74.2 Å². The van der Waals surface area contributed by atoms with Crippen molar-refractivity contribution in [1.29, 1.82) is 0 Å². The molecule has 0 radical (unpaired) electrons. The molecule has 2 N–H and O–H groups in total. The highest BCUT2D eigenvalue weighted by atomic mass is 32.2. The van der Waals surface area contributed by atoms with Crippen molar-refractivity contribution in [1.82, 2.24) is 10.2 Å². The van der Waals surface area contributed by atoms with Gasteiger partial charge in [-0.05, 0) is 19.1 Å². The van der Waals surface area contributed by atoms with E-state index in [1.54, 1.807) is 0 Å². The van der Waals surface area contributed by atoms with Crippen molar-refractivity contribution < 1.29 is 19.3 Å². The molecule has 1 atom stereocenters. The van der Waals surface area contributed by atoms with Gasteiger partial charge in [-0.2, -0.15) is 0 Å². The molecule has 140 valence electrons. The number of quaternary nitrogens is 1. The van der Waals surface area contributed by atoms with Crippen molar-refractivity contribution in [3.8, 4) is 0 Å². The largest absolute Gasteiger partial charge is 0.360 e. The van der Waals surface area contributed by atoms with E-state index in [9.17, 15) is 14.4 Å². The van der Waals surface area contributed by atoms with Crippen LogP contribution < -0.4 is 15.1 Å². The zero-order valence-corrected chi connectivity index (χ0v) is 15.8. The Hall–Kier alpha value is -2.06. The lowest BCUT2D eigenvalue weighted by atomic mass is 10.2. The average Bonchev–Trinajstić information content (AvgIpc) is 3.00. The monoisotopic (exact) mass is 377 g/mol. The van der Waals surface area contributed by atoms with Crippen LogP contribution in [0.1, 0.15) is 6.92 Å².